The molecular formula is C11H18N2O4S. The maximum Gasteiger partial charge on any atom is 0.301 e. The molecule has 0 unspecified atom stereocenters. The highest BCUT2D eigenvalue weighted by molar-refractivity contribution is 7.90. The van der Waals surface area contributed by atoms with E-state index < -0.39 is 10.2 Å². The Labute approximate surface area is 107 Å². The molecule has 0 aliphatic heterocycles. The van der Waals surface area contributed by atoms with Crippen molar-refractivity contribution >= 4 is 15.9 Å². The lowest BCUT2D eigenvalue weighted by Gasteiger charge is -2.18. The Morgan fingerprint density at radius 1 is 1.39 bits per heavy atom. The molecule has 1 aromatic carbocycles. The number of benzene rings is 1. The Bertz CT molecular complexity index is 476. The zero-order chi connectivity index (χ0) is 13.6. The van der Waals surface area contributed by atoms with Crippen LogP contribution < -0.4 is 9.46 Å². The fourth-order valence-electron chi connectivity index (χ4n) is 1.36. The third kappa shape index (κ3) is 3.86. The molecule has 0 amide bonds. The van der Waals surface area contributed by atoms with Crippen LogP contribution in [0.4, 0.5) is 5.69 Å². The molecule has 0 spiro atoms. The molecule has 0 heterocycles. The number of nitrogens with zero attached hydrogens (tertiary/aromatic N) is 1. The van der Waals surface area contributed by atoms with E-state index in [2.05, 4.69) is 4.72 Å². The molecule has 0 aromatic heterocycles. The standard InChI is InChI=1S/C11H18N2O4S/c1-13(8-5-9-14)18(15,16)12-10-6-3-4-7-11(10)17-2/h3-4,6-7,12,14H,5,8-9H2,1-2H3. The zero-order valence-corrected chi connectivity index (χ0v) is 11.3. The lowest BCUT2D eigenvalue weighted by atomic mass is 10.3. The second-order valence-corrected chi connectivity index (χ2v) is 5.48. The van der Waals surface area contributed by atoms with E-state index >= 15 is 0 Å². The summed E-state index contributed by atoms with van der Waals surface area (Å²) in [5.74, 6) is 0.455. The van der Waals surface area contributed by atoms with E-state index in [0.29, 0.717) is 17.9 Å². The summed E-state index contributed by atoms with van der Waals surface area (Å²) in [6.45, 7) is 0.204. The number of anilines is 1. The van der Waals surface area contributed by atoms with E-state index in [9.17, 15) is 8.42 Å². The van der Waals surface area contributed by atoms with Crippen LogP contribution in [0.3, 0.4) is 0 Å². The molecule has 0 fully saturated rings. The number of nitrogens with one attached hydrogen (secondary N) is 1. The Hall–Kier alpha value is -1.31. The average molecular weight is 274 g/mol. The highest BCUT2D eigenvalue weighted by Crippen LogP contribution is 2.24. The van der Waals surface area contributed by atoms with Crippen molar-refractivity contribution in [3.05, 3.63) is 24.3 Å². The van der Waals surface area contributed by atoms with Gasteiger partial charge in [0.05, 0.1) is 12.8 Å². The van der Waals surface area contributed by atoms with Gasteiger partial charge in [0.25, 0.3) is 0 Å². The van der Waals surface area contributed by atoms with E-state index in [-0.39, 0.29) is 13.2 Å². The Balaban J connectivity index is 2.82. The third-order valence-corrected chi connectivity index (χ3v) is 3.87. The van der Waals surface area contributed by atoms with Crippen molar-refractivity contribution in [2.75, 3.05) is 32.0 Å². The van der Waals surface area contributed by atoms with Crippen LogP contribution in [0.15, 0.2) is 24.3 Å². The number of para-hydroxylation sites is 2. The molecule has 1 rings (SSSR count). The number of ether oxygens (including phenoxy) is 1. The van der Waals surface area contributed by atoms with Gasteiger partial charge in [-0.15, -0.1) is 0 Å². The van der Waals surface area contributed by atoms with Crippen LogP contribution in [0.2, 0.25) is 0 Å². The molecule has 1 aromatic rings. The third-order valence-electron chi connectivity index (χ3n) is 2.39. The van der Waals surface area contributed by atoms with Crippen LogP contribution in [0.5, 0.6) is 5.75 Å². The van der Waals surface area contributed by atoms with E-state index in [0.717, 1.165) is 4.31 Å². The minimum absolute atomic E-state index is 0.0471. The molecule has 2 N–H and O–H groups in total. The monoisotopic (exact) mass is 274 g/mol. The average Bonchev–Trinajstić information content (AvgIpc) is 2.36. The van der Waals surface area contributed by atoms with Gasteiger partial charge in [-0.1, -0.05) is 12.1 Å². The number of aliphatic hydroxyl groups is 1. The SMILES string of the molecule is COc1ccccc1NS(=O)(=O)N(C)CCCO. The highest BCUT2D eigenvalue weighted by Gasteiger charge is 2.18. The van der Waals surface area contributed by atoms with E-state index in [4.69, 9.17) is 9.84 Å². The van der Waals surface area contributed by atoms with Gasteiger partial charge in [0.2, 0.25) is 0 Å². The molecule has 0 bridgehead atoms. The van der Waals surface area contributed by atoms with Gasteiger partial charge in [0.1, 0.15) is 5.75 Å². The number of rotatable bonds is 7. The van der Waals surface area contributed by atoms with E-state index in [1.165, 1.54) is 14.2 Å². The first kappa shape index (κ1) is 14.7. The van der Waals surface area contributed by atoms with Crippen molar-refractivity contribution in [1.29, 1.82) is 0 Å². The molecule has 0 radical (unpaired) electrons. The summed E-state index contributed by atoms with van der Waals surface area (Å²) < 4.78 is 32.6. The van der Waals surface area contributed by atoms with Crippen molar-refractivity contribution in [3.63, 3.8) is 0 Å². The van der Waals surface area contributed by atoms with Gasteiger partial charge in [-0.3, -0.25) is 4.72 Å². The van der Waals surface area contributed by atoms with Gasteiger partial charge in [0, 0.05) is 20.2 Å². The normalized spacial score (nSPS) is 11.6. The zero-order valence-electron chi connectivity index (χ0n) is 10.5. The summed E-state index contributed by atoms with van der Waals surface area (Å²) in [5, 5.41) is 8.69. The van der Waals surface area contributed by atoms with Gasteiger partial charge in [-0.25, -0.2) is 0 Å². The van der Waals surface area contributed by atoms with Crippen LogP contribution >= 0.6 is 0 Å². The van der Waals surface area contributed by atoms with Gasteiger partial charge in [-0.05, 0) is 18.6 Å². The fraction of sp³-hybridized carbons (Fsp3) is 0.455. The molecule has 6 nitrogen and oxygen atoms in total. The van der Waals surface area contributed by atoms with Crippen LogP contribution in [-0.2, 0) is 10.2 Å². The van der Waals surface area contributed by atoms with Gasteiger partial charge < -0.3 is 9.84 Å². The first-order valence-electron chi connectivity index (χ1n) is 5.49. The minimum atomic E-state index is -3.63. The summed E-state index contributed by atoms with van der Waals surface area (Å²) in [5.41, 5.74) is 0.385. The number of hydrogen-bond acceptors (Lipinski definition) is 4. The molecule has 0 atom stereocenters. The number of hydrogen-bond donors (Lipinski definition) is 2. The van der Waals surface area contributed by atoms with Gasteiger partial charge in [-0.2, -0.15) is 12.7 Å². The molecule has 7 heteroatoms. The first-order chi connectivity index (χ1) is 8.51. The molecule has 102 valence electrons. The lowest BCUT2D eigenvalue weighted by molar-refractivity contribution is 0.276. The summed E-state index contributed by atoms with van der Waals surface area (Å²) in [6, 6.07) is 6.77. The van der Waals surface area contributed by atoms with E-state index in [1.807, 2.05) is 0 Å². The predicted molar refractivity (Wildman–Crippen MR) is 69.9 cm³/mol. The summed E-state index contributed by atoms with van der Waals surface area (Å²) in [4.78, 5) is 0. The van der Waals surface area contributed by atoms with Crippen LogP contribution in [-0.4, -0.2) is 45.1 Å². The van der Waals surface area contributed by atoms with E-state index in [1.54, 1.807) is 24.3 Å². The number of methoxy groups -OCH3 is 1. The molecule has 0 aliphatic rings. The quantitative estimate of drug-likeness (QED) is 0.766. The lowest BCUT2D eigenvalue weighted by Crippen LogP contribution is -2.33. The highest BCUT2D eigenvalue weighted by atomic mass is 32.2. The van der Waals surface area contributed by atoms with Gasteiger partial charge in [0.15, 0.2) is 0 Å². The Morgan fingerprint density at radius 2 is 2.06 bits per heavy atom. The molecule has 18 heavy (non-hydrogen) atoms. The van der Waals surface area contributed by atoms with Crippen LogP contribution in [0.25, 0.3) is 0 Å². The maximum atomic E-state index is 12.0. The topological polar surface area (TPSA) is 78.9 Å². The molecule has 0 saturated carbocycles. The van der Waals surface area contributed by atoms with Crippen molar-refractivity contribution in [1.82, 2.24) is 4.31 Å². The van der Waals surface area contributed by atoms with Crippen molar-refractivity contribution in [2.45, 2.75) is 6.42 Å². The Morgan fingerprint density at radius 3 is 2.67 bits per heavy atom. The van der Waals surface area contributed by atoms with Crippen LogP contribution in [0.1, 0.15) is 6.42 Å². The second-order valence-electron chi connectivity index (χ2n) is 3.71. The van der Waals surface area contributed by atoms with Crippen molar-refractivity contribution in [2.24, 2.45) is 0 Å². The molecule has 0 aliphatic carbocycles. The second kappa shape index (κ2) is 6.58. The van der Waals surface area contributed by atoms with Crippen molar-refractivity contribution in [3.8, 4) is 5.75 Å². The summed E-state index contributed by atoms with van der Waals surface area (Å²) in [7, 11) is -0.699. The predicted octanol–water partition coefficient (Wildman–Crippen LogP) is 0.666. The molecular weight excluding hydrogens is 256 g/mol. The Kier molecular flexibility index (Phi) is 5.39. The molecule has 0 saturated heterocycles. The fourth-order valence-corrected chi connectivity index (χ4v) is 2.33. The summed E-state index contributed by atoms with van der Waals surface area (Å²) >= 11 is 0. The number of aliphatic hydroxyl groups excluding tert-OH is 1. The summed E-state index contributed by atoms with van der Waals surface area (Å²) in [6.07, 6.45) is 0.392. The van der Waals surface area contributed by atoms with Crippen LogP contribution in [0, 0.1) is 0 Å². The smallest absolute Gasteiger partial charge is 0.301 e. The maximum absolute atomic E-state index is 12.0. The largest absolute Gasteiger partial charge is 0.495 e. The minimum Gasteiger partial charge on any atom is -0.495 e. The first-order valence-corrected chi connectivity index (χ1v) is 6.93. The van der Waals surface area contributed by atoms with Gasteiger partial charge >= 0.3 is 10.2 Å². The van der Waals surface area contributed by atoms with Crippen molar-refractivity contribution < 1.29 is 18.3 Å².